The predicted octanol–water partition coefficient (Wildman–Crippen LogP) is 3.23. The van der Waals surface area contributed by atoms with Crippen LogP contribution in [0.4, 0.5) is 21.9 Å². The van der Waals surface area contributed by atoms with Crippen molar-refractivity contribution in [1.29, 1.82) is 0 Å². The number of nitrogens with two attached hydrogens (primary N) is 1. The highest BCUT2D eigenvalue weighted by Gasteiger charge is 2.04. The highest BCUT2D eigenvalue weighted by Crippen LogP contribution is 2.19. The number of rotatable bonds is 3. The van der Waals surface area contributed by atoms with Crippen LogP contribution in [0.25, 0.3) is 0 Å². The molecule has 0 fully saturated rings. The van der Waals surface area contributed by atoms with Crippen LogP contribution in [-0.4, -0.2) is 13.1 Å². The van der Waals surface area contributed by atoms with Crippen LogP contribution in [0.3, 0.4) is 0 Å². The van der Waals surface area contributed by atoms with Crippen molar-refractivity contribution in [3.05, 3.63) is 48.0 Å². The maximum atomic E-state index is 11.9. The van der Waals surface area contributed by atoms with Gasteiger partial charge in [-0.15, -0.1) is 0 Å². The molecule has 0 saturated carbocycles. The maximum Gasteiger partial charge on any atom is 0.323 e. The fourth-order valence-corrected chi connectivity index (χ4v) is 1.75. The molecular formula is C15H17N3O2. The Morgan fingerprint density at radius 1 is 1.10 bits per heavy atom. The van der Waals surface area contributed by atoms with Crippen LogP contribution in [0.1, 0.15) is 5.56 Å². The Bertz CT molecular complexity index is 626. The van der Waals surface area contributed by atoms with Gasteiger partial charge in [0.2, 0.25) is 0 Å². The van der Waals surface area contributed by atoms with E-state index in [4.69, 9.17) is 10.5 Å². The van der Waals surface area contributed by atoms with Crippen molar-refractivity contribution in [3.8, 4) is 5.75 Å². The Morgan fingerprint density at radius 2 is 1.80 bits per heavy atom. The maximum absolute atomic E-state index is 11.9. The van der Waals surface area contributed by atoms with Crippen molar-refractivity contribution >= 4 is 23.1 Å². The Morgan fingerprint density at radius 3 is 2.45 bits per heavy atom. The van der Waals surface area contributed by atoms with E-state index >= 15 is 0 Å². The lowest BCUT2D eigenvalue weighted by Gasteiger charge is -2.10. The molecule has 104 valence electrons. The standard InChI is InChI=1S/C15H17N3O2/c1-10-8-12(6-7-14(10)16)18-15(19)17-11-4-3-5-13(9-11)20-2/h3-9H,16H2,1-2H3,(H2,17,18,19). The van der Waals surface area contributed by atoms with Gasteiger partial charge in [-0.2, -0.15) is 0 Å². The van der Waals surface area contributed by atoms with Gasteiger partial charge in [0.15, 0.2) is 0 Å². The van der Waals surface area contributed by atoms with E-state index in [-0.39, 0.29) is 6.03 Å². The second kappa shape index (κ2) is 5.97. The Kier molecular flexibility index (Phi) is 4.10. The van der Waals surface area contributed by atoms with Gasteiger partial charge in [0.25, 0.3) is 0 Å². The van der Waals surface area contributed by atoms with Gasteiger partial charge in [-0.05, 0) is 42.8 Å². The Hall–Kier alpha value is -2.69. The van der Waals surface area contributed by atoms with Crippen molar-refractivity contribution in [2.75, 3.05) is 23.5 Å². The van der Waals surface area contributed by atoms with Crippen LogP contribution < -0.4 is 21.1 Å². The normalized spacial score (nSPS) is 9.90. The van der Waals surface area contributed by atoms with Gasteiger partial charge in [-0.25, -0.2) is 4.79 Å². The van der Waals surface area contributed by atoms with Crippen LogP contribution in [0.15, 0.2) is 42.5 Å². The molecule has 2 rings (SSSR count). The molecule has 2 aromatic rings. The summed E-state index contributed by atoms with van der Waals surface area (Å²) in [7, 11) is 1.58. The van der Waals surface area contributed by atoms with Crippen LogP contribution in [-0.2, 0) is 0 Å². The Labute approximate surface area is 117 Å². The van der Waals surface area contributed by atoms with E-state index in [9.17, 15) is 4.79 Å². The second-order valence-corrected chi connectivity index (χ2v) is 4.38. The summed E-state index contributed by atoms with van der Waals surface area (Å²) in [5.41, 5.74) is 8.70. The van der Waals surface area contributed by atoms with Gasteiger partial charge in [0.1, 0.15) is 5.75 Å². The summed E-state index contributed by atoms with van der Waals surface area (Å²) in [6.07, 6.45) is 0. The van der Waals surface area contributed by atoms with E-state index in [1.165, 1.54) is 0 Å². The lowest BCUT2D eigenvalue weighted by molar-refractivity contribution is 0.262. The zero-order valence-electron chi connectivity index (χ0n) is 11.4. The number of aryl methyl sites for hydroxylation is 1. The summed E-state index contributed by atoms with van der Waals surface area (Å²) >= 11 is 0. The summed E-state index contributed by atoms with van der Waals surface area (Å²) in [6.45, 7) is 1.89. The van der Waals surface area contributed by atoms with Crippen molar-refractivity contribution in [2.24, 2.45) is 0 Å². The lowest BCUT2D eigenvalue weighted by atomic mass is 10.2. The average molecular weight is 271 g/mol. The second-order valence-electron chi connectivity index (χ2n) is 4.38. The van der Waals surface area contributed by atoms with Gasteiger partial charge < -0.3 is 21.1 Å². The number of benzene rings is 2. The van der Waals surface area contributed by atoms with E-state index in [1.807, 2.05) is 25.1 Å². The number of anilines is 3. The summed E-state index contributed by atoms with van der Waals surface area (Å²) in [5.74, 6) is 0.686. The molecule has 0 heterocycles. The summed E-state index contributed by atoms with van der Waals surface area (Å²) < 4.78 is 5.10. The highest BCUT2D eigenvalue weighted by atomic mass is 16.5. The molecule has 2 amide bonds. The Balaban J connectivity index is 2.03. The molecule has 0 aliphatic carbocycles. The zero-order chi connectivity index (χ0) is 14.5. The van der Waals surface area contributed by atoms with E-state index < -0.39 is 0 Å². The first-order chi connectivity index (χ1) is 9.58. The van der Waals surface area contributed by atoms with E-state index in [2.05, 4.69) is 10.6 Å². The smallest absolute Gasteiger partial charge is 0.323 e. The van der Waals surface area contributed by atoms with Gasteiger partial charge in [-0.3, -0.25) is 0 Å². The molecule has 0 aliphatic heterocycles. The number of hydrogen-bond acceptors (Lipinski definition) is 3. The van der Waals surface area contributed by atoms with Crippen molar-refractivity contribution in [3.63, 3.8) is 0 Å². The zero-order valence-corrected chi connectivity index (χ0v) is 11.4. The molecular weight excluding hydrogens is 254 g/mol. The molecule has 0 atom stereocenters. The number of urea groups is 1. The largest absolute Gasteiger partial charge is 0.497 e. The molecule has 20 heavy (non-hydrogen) atoms. The van der Waals surface area contributed by atoms with E-state index in [0.29, 0.717) is 22.8 Å². The minimum atomic E-state index is -0.317. The van der Waals surface area contributed by atoms with Crippen LogP contribution in [0.2, 0.25) is 0 Å². The van der Waals surface area contributed by atoms with Crippen LogP contribution in [0.5, 0.6) is 5.75 Å². The van der Waals surface area contributed by atoms with Crippen molar-refractivity contribution < 1.29 is 9.53 Å². The minimum Gasteiger partial charge on any atom is -0.497 e. The van der Waals surface area contributed by atoms with Gasteiger partial charge in [0, 0.05) is 23.1 Å². The van der Waals surface area contributed by atoms with Crippen molar-refractivity contribution in [2.45, 2.75) is 6.92 Å². The van der Waals surface area contributed by atoms with Gasteiger partial charge >= 0.3 is 6.03 Å². The number of amides is 2. The lowest BCUT2D eigenvalue weighted by Crippen LogP contribution is -2.19. The molecule has 0 unspecified atom stereocenters. The van der Waals surface area contributed by atoms with Crippen LogP contribution >= 0.6 is 0 Å². The number of carbonyl (C=O) groups excluding carboxylic acids is 1. The van der Waals surface area contributed by atoms with Gasteiger partial charge in [0.05, 0.1) is 7.11 Å². The SMILES string of the molecule is COc1cccc(NC(=O)Nc2ccc(N)c(C)c2)c1. The predicted molar refractivity (Wildman–Crippen MR) is 81.2 cm³/mol. The highest BCUT2D eigenvalue weighted by molar-refractivity contribution is 6.00. The average Bonchev–Trinajstić information content (AvgIpc) is 2.43. The first-order valence-corrected chi connectivity index (χ1v) is 6.16. The third-order valence-electron chi connectivity index (χ3n) is 2.86. The number of carbonyl (C=O) groups is 1. The fourth-order valence-electron chi connectivity index (χ4n) is 1.75. The van der Waals surface area contributed by atoms with Gasteiger partial charge in [-0.1, -0.05) is 6.07 Å². The number of nitrogens with one attached hydrogen (secondary N) is 2. The number of ether oxygens (including phenoxy) is 1. The summed E-state index contributed by atoms with van der Waals surface area (Å²) in [6, 6.07) is 12.2. The first kappa shape index (κ1) is 13.7. The topological polar surface area (TPSA) is 76.4 Å². The molecule has 0 bridgehead atoms. The van der Waals surface area contributed by atoms with Crippen molar-refractivity contribution in [1.82, 2.24) is 0 Å². The molecule has 0 aromatic heterocycles. The molecule has 5 nitrogen and oxygen atoms in total. The van der Waals surface area contributed by atoms with E-state index in [0.717, 1.165) is 5.56 Å². The molecule has 5 heteroatoms. The molecule has 2 aromatic carbocycles. The van der Waals surface area contributed by atoms with Crippen LogP contribution in [0, 0.1) is 6.92 Å². The summed E-state index contributed by atoms with van der Waals surface area (Å²) in [4.78, 5) is 11.9. The monoisotopic (exact) mass is 271 g/mol. The third-order valence-corrected chi connectivity index (χ3v) is 2.86. The summed E-state index contributed by atoms with van der Waals surface area (Å²) in [5, 5.41) is 5.49. The number of methoxy groups -OCH3 is 1. The molecule has 0 saturated heterocycles. The molecule has 4 N–H and O–H groups in total. The molecule has 0 spiro atoms. The quantitative estimate of drug-likeness (QED) is 0.750. The number of hydrogen-bond donors (Lipinski definition) is 3. The number of nitrogen functional groups attached to an aromatic ring is 1. The molecule has 0 radical (unpaired) electrons. The minimum absolute atomic E-state index is 0.317. The first-order valence-electron chi connectivity index (χ1n) is 6.16. The molecule has 0 aliphatic rings. The fraction of sp³-hybridized carbons (Fsp3) is 0.133. The van der Waals surface area contributed by atoms with E-state index in [1.54, 1.807) is 31.4 Å². The third kappa shape index (κ3) is 3.41.